The van der Waals surface area contributed by atoms with Crippen LogP contribution in [0.3, 0.4) is 0 Å². The normalized spacial score (nSPS) is 17.6. The Bertz CT molecular complexity index is 669. The predicted molar refractivity (Wildman–Crippen MR) is 90.0 cm³/mol. The molecule has 2 aromatic rings. The maximum atomic E-state index is 12.3. The number of hydrogen-bond donors (Lipinski definition) is 0. The van der Waals surface area contributed by atoms with Gasteiger partial charge in [-0.05, 0) is 37.3 Å². The van der Waals surface area contributed by atoms with E-state index in [-0.39, 0.29) is 5.91 Å². The highest BCUT2D eigenvalue weighted by Gasteiger charge is 2.28. The van der Waals surface area contributed by atoms with Crippen molar-refractivity contribution in [3.63, 3.8) is 0 Å². The monoisotopic (exact) mass is 328 g/mol. The Balaban J connectivity index is 1.57. The minimum absolute atomic E-state index is 0.273. The second-order valence-electron chi connectivity index (χ2n) is 6.75. The fourth-order valence-electron chi connectivity index (χ4n) is 3.18. The Morgan fingerprint density at radius 1 is 1.42 bits per heavy atom. The molecule has 0 spiro atoms. The molecule has 6 nitrogen and oxygen atoms in total. The summed E-state index contributed by atoms with van der Waals surface area (Å²) in [5.74, 6) is 1.80. The van der Waals surface area contributed by atoms with Gasteiger partial charge in [0, 0.05) is 31.6 Å². The highest BCUT2D eigenvalue weighted by molar-refractivity contribution is 5.77. The minimum atomic E-state index is 0.273. The van der Waals surface area contributed by atoms with Gasteiger partial charge >= 0.3 is 0 Å². The molecule has 0 saturated carbocycles. The van der Waals surface area contributed by atoms with E-state index in [1.54, 1.807) is 6.20 Å². The van der Waals surface area contributed by atoms with E-state index in [0.717, 1.165) is 25.8 Å². The van der Waals surface area contributed by atoms with Crippen LogP contribution in [-0.2, 0) is 11.2 Å². The largest absolute Gasteiger partial charge is 0.340 e. The molecule has 0 aliphatic carbocycles. The van der Waals surface area contributed by atoms with Crippen LogP contribution in [-0.4, -0.2) is 38.5 Å². The number of carbonyl (C=O) groups excluding carboxylic acids is 1. The van der Waals surface area contributed by atoms with Gasteiger partial charge in [0.25, 0.3) is 5.89 Å². The zero-order valence-corrected chi connectivity index (χ0v) is 14.3. The van der Waals surface area contributed by atoms with Gasteiger partial charge in [-0.25, -0.2) is 0 Å². The summed E-state index contributed by atoms with van der Waals surface area (Å²) in [5.41, 5.74) is 0.686. The third-order valence-electron chi connectivity index (χ3n) is 4.33. The van der Waals surface area contributed by atoms with Crippen LogP contribution >= 0.6 is 0 Å². The molecular weight excluding hydrogens is 304 g/mol. The van der Waals surface area contributed by atoms with Gasteiger partial charge < -0.3 is 9.42 Å². The van der Waals surface area contributed by atoms with Crippen LogP contribution in [0.1, 0.15) is 45.4 Å². The molecule has 1 fully saturated rings. The Hall–Kier alpha value is -2.24. The molecule has 3 rings (SSSR count). The van der Waals surface area contributed by atoms with E-state index in [9.17, 15) is 4.79 Å². The number of amides is 1. The molecule has 3 heterocycles. The smallest absolute Gasteiger partial charge is 0.276 e. The van der Waals surface area contributed by atoms with Gasteiger partial charge in [0.1, 0.15) is 5.69 Å². The number of carbonyl (C=O) groups is 1. The summed E-state index contributed by atoms with van der Waals surface area (Å²) in [4.78, 5) is 23.0. The number of hydrogen-bond acceptors (Lipinski definition) is 5. The Morgan fingerprint density at radius 2 is 2.29 bits per heavy atom. The zero-order chi connectivity index (χ0) is 16.9. The van der Waals surface area contributed by atoms with E-state index in [2.05, 4.69) is 29.0 Å². The van der Waals surface area contributed by atoms with E-state index < -0.39 is 0 Å². The molecule has 0 aromatic carbocycles. The lowest BCUT2D eigenvalue weighted by molar-refractivity contribution is -0.132. The summed E-state index contributed by atoms with van der Waals surface area (Å²) >= 11 is 0. The minimum Gasteiger partial charge on any atom is -0.340 e. The van der Waals surface area contributed by atoms with Gasteiger partial charge in [-0.3, -0.25) is 9.78 Å². The van der Waals surface area contributed by atoms with Crippen LogP contribution in [0.4, 0.5) is 0 Å². The number of aromatic nitrogens is 3. The van der Waals surface area contributed by atoms with Crippen LogP contribution in [0.5, 0.6) is 0 Å². The van der Waals surface area contributed by atoms with Crippen LogP contribution < -0.4 is 0 Å². The average Bonchev–Trinajstić information content (AvgIpc) is 3.22. The highest BCUT2D eigenvalue weighted by Crippen LogP contribution is 2.23. The van der Waals surface area contributed by atoms with Gasteiger partial charge in [-0.15, -0.1) is 0 Å². The van der Waals surface area contributed by atoms with Gasteiger partial charge in [0.05, 0.1) is 0 Å². The first-order valence-corrected chi connectivity index (χ1v) is 8.67. The highest BCUT2D eigenvalue weighted by atomic mass is 16.5. The van der Waals surface area contributed by atoms with E-state index in [1.165, 1.54) is 0 Å². The first-order chi connectivity index (χ1) is 11.6. The quantitative estimate of drug-likeness (QED) is 0.815. The third-order valence-corrected chi connectivity index (χ3v) is 4.33. The first-order valence-electron chi connectivity index (χ1n) is 8.67. The summed E-state index contributed by atoms with van der Waals surface area (Å²) in [6.07, 6.45) is 6.07. The molecule has 24 heavy (non-hydrogen) atoms. The fraction of sp³-hybridized carbons (Fsp3) is 0.556. The summed E-state index contributed by atoms with van der Waals surface area (Å²) in [6.45, 7) is 5.05. The van der Waals surface area contributed by atoms with Gasteiger partial charge in [0.15, 0.2) is 5.82 Å². The number of pyridine rings is 1. The van der Waals surface area contributed by atoms with Crippen molar-refractivity contribution in [2.75, 3.05) is 6.54 Å². The summed E-state index contributed by atoms with van der Waals surface area (Å²) in [7, 11) is 0. The van der Waals surface area contributed by atoms with E-state index in [1.807, 2.05) is 23.1 Å². The number of nitrogens with zero attached hydrogens (tertiary/aromatic N) is 4. The Labute approximate surface area is 142 Å². The Kier molecular flexibility index (Phi) is 5.23. The van der Waals surface area contributed by atoms with E-state index in [0.29, 0.717) is 42.2 Å². The number of aryl methyl sites for hydroxylation is 1. The lowest BCUT2D eigenvalue weighted by Gasteiger charge is -2.25. The van der Waals surface area contributed by atoms with Gasteiger partial charge in [0.2, 0.25) is 5.91 Å². The summed E-state index contributed by atoms with van der Waals surface area (Å²) in [5, 5.41) is 4.04. The topological polar surface area (TPSA) is 72.1 Å². The van der Waals surface area contributed by atoms with Crippen molar-refractivity contribution in [3.8, 4) is 11.6 Å². The van der Waals surface area contributed by atoms with Crippen molar-refractivity contribution in [3.05, 3.63) is 30.2 Å². The average molecular weight is 328 g/mol. The SMILES string of the molecule is CC(C)CC(=O)N1CCCC1CCc1noc(-c2ccccn2)n1. The summed E-state index contributed by atoms with van der Waals surface area (Å²) < 4.78 is 5.29. The second-order valence-corrected chi connectivity index (χ2v) is 6.75. The number of rotatable bonds is 6. The van der Waals surface area contributed by atoms with Crippen molar-refractivity contribution in [1.82, 2.24) is 20.0 Å². The van der Waals surface area contributed by atoms with Crippen molar-refractivity contribution >= 4 is 5.91 Å². The first kappa shape index (κ1) is 16.6. The standard InChI is InChI=1S/C18H24N4O2/c1-13(2)12-17(23)22-11-5-6-14(22)8-9-16-20-18(24-21-16)15-7-3-4-10-19-15/h3-4,7,10,13-14H,5-6,8-9,11-12H2,1-2H3. The molecule has 128 valence electrons. The van der Waals surface area contributed by atoms with Crippen LogP contribution in [0, 0.1) is 5.92 Å². The fourth-order valence-corrected chi connectivity index (χ4v) is 3.18. The molecule has 2 aromatic heterocycles. The lowest BCUT2D eigenvalue weighted by Crippen LogP contribution is -2.36. The van der Waals surface area contributed by atoms with Gasteiger partial charge in [-0.1, -0.05) is 25.1 Å². The molecule has 0 N–H and O–H groups in total. The number of likely N-dealkylation sites (tertiary alicyclic amines) is 1. The summed E-state index contributed by atoms with van der Waals surface area (Å²) in [6, 6.07) is 5.89. The molecule has 6 heteroatoms. The molecule has 1 saturated heterocycles. The molecule has 1 aliphatic rings. The lowest BCUT2D eigenvalue weighted by atomic mass is 10.1. The predicted octanol–water partition coefficient (Wildman–Crippen LogP) is 3.10. The molecule has 1 aliphatic heterocycles. The van der Waals surface area contributed by atoms with Crippen molar-refractivity contribution < 1.29 is 9.32 Å². The van der Waals surface area contributed by atoms with E-state index in [4.69, 9.17) is 4.52 Å². The second kappa shape index (κ2) is 7.55. The van der Waals surface area contributed by atoms with Crippen LogP contribution in [0.2, 0.25) is 0 Å². The van der Waals surface area contributed by atoms with Crippen LogP contribution in [0.15, 0.2) is 28.9 Å². The molecule has 0 radical (unpaired) electrons. The van der Waals surface area contributed by atoms with Crippen molar-refractivity contribution in [2.45, 2.75) is 52.0 Å². The molecule has 0 bridgehead atoms. The molecule has 1 atom stereocenters. The molecule has 1 amide bonds. The Morgan fingerprint density at radius 3 is 3.04 bits per heavy atom. The van der Waals surface area contributed by atoms with Crippen molar-refractivity contribution in [2.24, 2.45) is 5.92 Å². The van der Waals surface area contributed by atoms with Crippen LogP contribution in [0.25, 0.3) is 11.6 Å². The van der Waals surface area contributed by atoms with Crippen molar-refractivity contribution in [1.29, 1.82) is 0 Å². The maximum absolute atomic E-state index is 12.3. The van der Waals surface area contributed by atoms with Gasteiger partial charge in [-0.2, -0.15) is 4.98 Å². The molecular formula is C18H24N4O2. The zero-order valence-electron chi connectivity index (χ0n) is 14.3. The molecule has 1 unspecified atom stereocenters. The third kappa shape index (κ3) is 3.99. The van der Waals surface area contributed by atoms with E-state index >= 15 is 0 Å². The maximum Gasteiger partial charge on any atom is 0.276 e.